The van der Waals surface area contributed by atoms with Gasteiger partial charge in [-0.1, -0.05) is 6.92 Å². The Balaban J connectivity index is 2.53. The predicted octanol–water partition coefficient (Wildman–Crippen LogP) is 2.56. The van der Waals surface area contributed by atoms with E-state index in [1.807, 2.05) is 11.6 Å². The fourth-order valence-corrected chi connectivity index (χ4v) is 1.88. The number of aryl methyl sites for hydroxylation is 2. The first-order chi connectivity index (χ1) is 7.58. The summed E-state index contributed by atoms with van der Waals surface area (Å²) in [6.45, 7) is 10.3. The van der Waals surface area contributed by atoms with E-state index in [9.17, 15) is 0 Å². The molecule has 1 heterocycles. The Bertz CT molecular complexity index is 322. The molecule has 2 unspecified atom stereocenters. The average molecular weight is 244 g/mol. The van der Waals surface area contributed by atoms with Crippen LogP contribution in [0.3, 0.4) is 0 Å². The number of rotatable bonds is 6. The Labute approximate surface area is 103 Å². The van der Waals surface area contributed by atoms with Crippen molar-refractivity contribution in [3.05, 3.63) is 17.5 Å². The maximum absolute atomic E-state index is 5.83. The summed E-state index contributed by atoms with van der Waals surface area (Å²) in [4.78, 5) is 0. The van der Waals surface area contributed by atoms with Crippen LogP contribution in [0.4, 0.5) is 0 Å². The Kier molecular flexibility index (Phi) is 5.29. The first kappa shape index (κ1) is 13.5. The molecule has 0 amide bonds. The van der Waals surface area contributed by atoms with Gasteiger partial charge in [-0.15, -0.1) is 11.6 Å². The van der Waals surface area contributed by atoms with Gasteiger partial charge in [-0.3, -0.25) is 4.68 Å². The fourth-order valence-electron chi connectivity index (χ4n) is 1.62. The van der Waals surface area contributed by atoms with Crippen LogP contribution in [0.5, 0.6) is 0 Å². The standard InChI is InChI=1S/C12H22ClN3/c1-5-16-12(6-10(3)15-16)8-14-11(4)9(2)7-13/h6,9,11,14H,5,7-8H2,1-4H3. The highest BCUT2D eigenvalue weighted by Crippen LogP contribution is 2.07. The third kappa shape index (κ3) is 3.49. The average Bonchev–Trinajstić information content (AvgIpc) is 2.65. The first-order valence-electron chi connectivity index (χ1n) is 5.91. The van der Waals surface area contributed by atoms with Crippen molar-refractivity contribution in [2.45, 2.75) is 46.8 Å². The number of alkyl halides is 1. The summed E-state index contributed by atoms with van der Waals surface area (Å²) < 4.78 is 2.04. The zero-order chi connectivity index (χ0) is 12.1. The molecule has 1 N–H and O–H groups in total. The second-order valence-electron chi connectivity index (χ2n) is 4.39. The molecule has 0 saturated carbocycles. The number of nitrogens with zero attached hydrogens (tertiary/aromatic N) is 2. The van der Waals surface area contributed by atoms with Crippen LogP contribution in [0.25, 0.3) is 0 Å². The van der Waals surface area contributed by atoms with Gasteiger partial charge in [0.05, 0.1) is 11.4 Å². The second-order valence-corrected chi connectivity index (χ2v) is 4.70. The molecule has 1 rings (SSSR count). The lowest BCUT2D eigenvalue weighted by molar-refractivity contribution is 0.420. The maximum Gasteiger partial charge on any atom is 0.0597 e. The Morgan fingerprint density at radius 2 is 2.19 bits per heavy atom. The summed E-state index contributed by atoms with van der Waals surface area (Å²) in [5.41, 5.74) is 2.32. The van der Waals surface area contributed by atoms with E-state index in [4.69, 9.17) is 11.6 Å². The minimum Gasteiger partial charge on any atom is -0.308 e. The van der Waals surface area contributed by atoms with Crippen LogP contribution in [0, 0.1) is 12.8 Å². The molecule has 0 aromatic carbocycles. The monoisotopic (exact) mass is 243 g/mol. The molecule has 0 aliphatic heterocycles. The van der Waals surface area contributed by atoms with Crippen molar-refractivity contribution in [3.63, 3.8) is 0 Å². The van der Waals surface area contributed by atoms with Crippen molar-refractivity contribution in [2.24, 2.45) is 5.92 Å². The topological polar surface area (TPSA) is 29.9 Å². The molecule has 0 radical (unpaired) electrons. The summed E-state index contributed by atoms with van der Waals surface area (Å²) in [6.07, 6.45) is 0. The van der Waals surface area contributed by atoms with Crippen molar-refractivity contribution < 1.29 is 0 Å². The molecule has 16 heavy (non-hydrogen) atoms. The molecular weight excluding hydrogens is 222 g/mol. The van der Waals surface area contributed by atoms with Crippen LogP contribution in [0.2, 0.25) is 0 Å². The zero-order valence-corrected chi connectivity index (χ0v) is 11.4. The van der Waals surface area contributed by atoms with Gasteiger partial charge >= 0.3 is 0 Å². The van der Waals surface area contributed by atoms with Crippen LogP contribution >= 0.6 is 11.6 Å². The quantitative estimate of drug-likeness (QED) is 0.779. The predicted molar refractivity (Wildman–Crippen MR) is 68.8 cm³/mol. The number of nitrogens with one attached hydrogen (secondary N) is 1. The van der Waals surface area contributed by atoms with Crippen LogP contribution < -0.4 is 5.32 Å². The summed E-state index contributed by atoms with van der Waals surface area (Å²) in [6, 6.07) is 2.56. The van der Waals surface area contributed by atoms with Crippen molar-refractivity contribution in [3.8, 4) is 0 Å². The fraction of sp³-hybridized carbons (Fsp3) is 0.750. The lowest BCUT2D eigenvalue weighted by Gasteiger charge is -2.19. The number of aromatic nitrogens is 2. The van der Waals surface area contributed by atoms with E-state index < -0.39 is 0 Å². The smallest absolute Gasteiger partial charge is 0.0597 e. The van der Waals surface area contributed by atoms with Crippen molar-refractivity contribution in [2.75, 3.05) is 5.88 Å². The van der Waals surface area contributed by atoms with Crippen LogP contribution in [0.1, 0.15) is 32.2 Å². The first-order valence-corrected chi connectivity index (χ1v) is 6.44. The molecule has 1 aromatic heterocycles. The third-order valence-electron chi connectivity index (χ3n) is 2.99. The van der Waals surface area contributed by atoms with E-state index in [1.165, 1.54) is 5.69 Å². The highest BCUT2D eigenvalue weighted by Gasteiger charge is 2.11. The number of halogens is 1. The molecule has 0 aliphatic carbocycles. The van der Waals surface area contributed by atoms with Crippen LogP contribution in [0.15, 0.2) is 6.07 Å². The molecule has 4 heteroatoms. The van der Waals surface area contributed by atoms with Gasteiger partial charge in [0, 0.05) is 25.0 Å². The lowest BCUT2D eigenvalue weighted by Crippen LogP contribution is -2.33. The van der Waals surface area contributed by atoms with Gasteiger partial charge in [0.15, 0.2) is 0 Å². The highest BCUT2D eigenvalue weighted by molar-refractivity contribution is 6.18. The minimum absolute atomic E-state index is 0.429. The summed E-state index contributed by atoms with van der Waals surface area (Å²) in [5, 5.41) is 7.92. The van der Waals surface area contributed by atoms with Gasteiger partial charge < -0.3 is 5.32 Å². The van der Waals surface area contributed by atoms with Crippen molar-refractivity contribution in [1.82, 2.24) is 15.1 Å². The highest BCUT2D eigenvalue weighted by atomic mass is 35.5. The molecule has 0 saturated heterocycles. The van der Waals surface area contributed by atoms with Gasteiger partial charge in [0.2, 0.25) is 0 Å². The van der Waals surface area contributed by atoms with Crippen LogP contribution in [-0.4, -0.2) is 21.7 Å². The molecular formula is C12H22ClN3. The number of hydrogen-bond acceptors (Lipinski definition) is 2. The summed E-state index contributed by atoms with van der Waals surface area (Å²) in [5.74, 6) is 1.18. The molecule has 92 valence electrons. The summed E-state index contributed by atoms with van der Waals surface area (Å²) in [7, 11) is 0. The maximum atomic E-state index is 5.83. The van der Waals surface area contributed by atoms with Gasteiger partial charge in [-0.05, 0) is 32.8 Å². The molecule has 2 atom stereocenters. The molecule has 1 aromatic rings. The van der Waals surface area contributed by atoms with Crippen LogP contribution in [-0.2, 0) is 13.1 Å². The Morgan fingerprint density at radius 1 is 1.50 bits per heavy atom. The van der Waals surface area contributed by atoms with Gasteiger partial charge in [-0.25, -0.2) is 0 Å². The molecule has 0 bridgehead atoms. The number of hydrogen-bond donors (Lipinski definition) is 1. The van der Waals surface area contributed by atoms with Gasteiger partial charge in [0.1, 0.15) is 0 Å². The molecule has 0 spiro atoms. The van der Waals surface area contributed by atoms with E-state index in [0.29, 0.717) is 17.8 Å². The van der Waals surface area contributed by atoms with Crippen molar-refractivity contribution in [1.29, 1.82) is 0 Å². The van der Waals surface area contributed by atoms with Gasteiger partial charge in [-0.2, -0.15) is 5.10 Å². The molecule has 0 aliphatic rings. The Morgan fingerprint density at radius 3 is 2.75 bits per heavy atom. The van der Waals surface area contributed by atoms with E-state index in [-0.39, 0.29) is 0 Å². The summed E-state index contributed by atoms with van der Waals surface area (Å²) >= 11 is 5.83. The third-order valence-corrected chi connectivity index (χ3v) is 3.47. The van der Waals surface area contributed by atoms with E-state index in [1.54, 1.807) is 0 Å². The minimum atomic E-state index is 0.429. The van der Waals surface area contributed by atoms with Gasteiger partial charge in [0.25, 0.3) is 0 Å². The second kappa shape index (κ2) is 6.26. The molecule has 0 fully saturated rings. The van der Waals surface area contributed by atoms with E-state index >= 15 is 0 Å². The van der Waals surface area contributed by atoms with Crippen molar-refractivity contribution >= 4 is 11.6 Å². The zero-order valence-electron chi connectivity index (χ0n) is 10.6. The van der Waals surface area contributed by atoms with E-state index in [0.717, 1.165) is 18.8 Å². The lowest BCUT2D eigenvalue weighted by atomic mass is 10.1. The largest absolute Gasteiger partial charge is 0.308 e. The SMILES string of the molecule is CCn1nc(C)cc1CNC(C)C(C)CCl. The Hall–Kier alpha value is -0.540. The van der Waals surface area contributed by atoms with E-state index in [2.05, 4.69) is 37.3 Å². The molecule has 3 nitrogen and oxygen atoms in total. The normalized spacial score (nSPS) is 15.1.